The zero-order chi connectivity index (χ0) is 23.8. The summed E-state index contributed by atoms with van der Waals surface area (Å²) in [6.45, 7) is 7.06. The zero-order valence-electron chi connectivity index (χ0n) is 20.2. The van der Waals surface area contributed by atoms with Crippen molar-refractivity contribution in [2.24, 2.45) is 0 Å². The van der Waals surface area contributed by atoms with Gasteiger partial charge < -0.3 is 24.8 Å². The van der Waals surface area contributed by atoms with E-state index >= 15 is 0 Å². The van der Waals surface area contributed by atoms with E-state index in [1.54, 1.807) is 4.90 Å². The topological polar surface area (TPSA) is 65.1 Å². The smallest absolute Gasteiger partial charge is 0.410 e. The van der Waals surface area contributed by atoms with Crippen LogP contribution in [-0.2, 0) is 29.0 Å². The van der Waals surface area contributed by atoms with E-state index in [1.807, 2.05) is 75.3 Å². The average Bonchev–Trinajstić information content (AvgIpc) is 2.79. The van der Waals surface area contributed by atoms with Crippen molar-refractivity contribution in [3.05, 3.63) is 65.2 Å². The van der Waals surface area contributed by atoms with E-state index in [9.17, 15) is 9.59 Å². The van der Waals surface area contributed by atoms with Gasteiger partial charge in [0.2, 0.25) is 5.91 Å². The minimum atomic E-state index is -0.292. The molecule has 178 valence electrons. The lowest BCUT2D eigenvalue weighted by molar-refractivity contribution is -0.130. The van der Waals surface area contributed by atoms with E-state index in [2.05, 4.69) is 16.3 Å². The van der Waals surface area contributed by atoms with Crippen LogP contribution < -0.4 is 5.32 Å². The second-order valence-electron chi connectivity index (χ2n) is 9.01. The van der Waals surface area contributed by atoms with Gasteiger partial charge in [-0.05, 0) is 57.1 Å². The molecule has 2 amide bonds. The standard InChI is InChI=1S/C26H36N4O3/c1-20(2)33-26(32)30-14-13-22-11-8-12-24(23(22)19-30)27-17-25(31)29(16-15-28(3)4)18-21-9-6-5-7-10-21/h5-12,20,27H,13-19H2,1-4H3. The van der Waals surface area contributed by atoms with Gasteiger partial charge in [0.15, 0.2) is 0 Å². The molecular weight excluding hydrogens is 416 g/mol. The van der Waals surface area contributed by atoms with E-state index in [0.29, 0.717) is 26.2 Å². The highest BCUT2D eigenvalue weighted by Crippen LogP contribution is 2.27. The molecule has 7 heteroatoms. The SMILES string of the molecule is CC(C)OC(=O)N1CCc2cccc(NCC(=O)N(CCN(C)C)Cc3ccccc3)c2C1. The maximum absolute atomic E-state index is 13.2. The van der Waals surface area contributed by atoms with Gasteiger partial charge in [-0.3, -0.25) is 4.79 Å². The third-order valence-corrected chi connectivity index (χ3v) is 5.68. The molecule has 0 fully saturated rings. The molecule has 0 radical (unpaired) electrons. The highest BCUT2D eigenvalue weighted by atomic mass is 16.6. The molecule has 0 atom stereocenters. The molecule has 0 unspecified atom stereocenters. The number of nitrogens with one attached hydrogen (secondary N) is 1. The zero-order valence-corrected chi connectivity index (χ0v) is 20.2. The van der Waals surface area contributed by atoms with Crippen LogP contribution in [0, 0.1) is 0 Å². The van der Waals surface area contributed by atoms with Crippen LogP contribution >= 0.6 is 0 Å². The van der Waals surface area contributed by atoms with E-state index in [0.717, 1.165) is 29.8 Å². The lowest BCUT2D eigenvalue weighted by atomic mass is 9.98. The van der Waals surface area contributed by atoms with E-state index < -0.39 is 0 Å². The first-order chi connectivity index (χ1) is 15.8. The normalized spacial score (nSPS) is 13.1. The summed E-state index contributed by atoms with van der Waals surface area (Å²) in [5.74, 6) is 0.0465. The Morgan fingerprint density at radius 1 is 1.06 bits per heavy atom. The molecule has 33 heavy (non-hydrogen) atoms. The maximum atomic E-state index is 13.2. The van der Waals surface area contributed by atoms with E-state index in [-0.39, 0.29) is 24.6 Å². The molecular formula is C26H36N4O3. The monoisotopic (exact) mass is 452 g/mol. The Labute approximate surface area is 197 Å². The molecule has 1 N–H and O–H groups in total. The van der Waals surface area contributed by atoms with Gasteiger partial charge in [-0.25, -0.2) is 4.79 Å². The number of amides is 2. The fraction of sp³-hybridized carbons (Fsp3) is 0.462. The predicted octanol–water partition coefficient (Wildman–Crippen LogP) is 3.59. The number of nitrogens with zero attached hydrogens (tertiary/aromatic N) is 3. The lowest BCUT2D eigenvalue weighted by Gasteiger charge is -2.30. The van der Waals surface area contributed by atoms with Crippen molar-refractivity contribution in [3.63, 3.8) is 0 Å². The Kier molecular flexibility index (Phi) is 8.72. The van der Waals surface area contributed by atoms with Crippen LogP contribution in [0.3, 0.4) is 0 Å². The third kappa shape index (κ3) is 7.22. The highest BCUT2D eigenvalue weighted by molar-refractivity contribution is 5.81. The molecule has 2 aromatic rings. The third-order valence-electron chi connectivity index (χ3n) is 5.68. The first-order valence-corrected chi connectivity index (χ1v) is 11.6. The Bertz CT molecular complexity index is 930. The Morgan fingerprint density at radius 2 is 1.82 bits per heavy atom. The van der Waals surface area contributed by atoms with Gasteiger partial charge in [-0.15, -0.1) is 0 Å². The van der Waals surface area contributed by atoms with Crippen molar-refractivity contribution in [1.82, 2.24) is 14.7 Å². The number of carbonyl (C=O) groups excluding carboxylic acids is 2. The van der Waals surface area contributed by atoms with Crippen LogP contribution in [0.1, 0.15) is 30.5 Å². The Balaban J connectivity index is 1.67. The van der Waals surface area contributed by atoms with Crippen molar-refractivity contribution < 1.29 is 14.3 Å². The summed E-state index contributed by atoms with van der Waals surface area (Å²) < 4.78 is 5.38. The first kappa shape index (κ1) is 24.6. The van der Waals surface area contributed by atoms with Crippen molar-refractivity contribution in [2.75, 3.05) is 45.6 Å². The maximum Gasteiger partial charge on any atom is 0.410 e. The predicted molar refractivity (Wildman–Crippen MR) is 131 cm³/mol. The number of fused-ring (bicyclic) bond motifs is 1. The molecule has 3 rings (SSSR count). The minimum Gasteiger partial charge on any atom is -0.447 e. The fourth-order valence-corrected chi connectivity index (χ4v) is 3.88. The summed E-state index contributed by atoms with van der Waals surface area (Å²) >= 11 is 0. The van der Waals surface area contributed by atoms with Gasteiger partial charge >= 0.3 is 6.09 Å². The first-order valence-electron chi connectivity index (χ1n) is 11.6. The van der Waals surface area contributed by atoms with Crippen LogP contribution in [0.25, 0.3) is 0 Å². The van der Waals surface area contributed by atoms with Gasteiger partial charge in [0, 0.05) is 31.9 Å². The molecule has 1 heterocycles. The summed E-state index contributed by atoms with van der Waals surface area (Å²) in [6.07, 6.45) is 0.330. The average molecular weight is 453 g/mol. The minimum absolute atomic E-state index is 0.0465. The summed E-state index contributed by atoms with van der Waals surface area (Å²) in [7, 11) is 4.02. The number of hydrogen-bond donors (Lipinski definition) is 1. The van der Waals surface area contributed by atoms with Gasteiger partial charge in [0.05, 0.1) is 19.2 Å². The van der Waals surface area contributed by atoms with E-state index in [4.69, 9.17) is 4.74 Å². The number of rotatable bonds is 9. The molecule has 0 spiro atoms. The summed E-state index contributed by atoms with van der Waals surface area (Å²) in [5, 5.41) is 3.34. The van der Waals surface area contributed by atoms with E-state index in [1.165, 1.54) is 5.56 Å². The largest absolute Gasteiger partial charge is 0.447 e. The molecule has 0 aliphatic carbocycles. The number of likely N-dealkylation sites (N-methyl/N-ethyl adjacent to an activating group) is 1. The molecule has 2 aromatic carbocycles. The number of anilines is 1. The van der Waals surface area contributed by atoms with Crippen LogP contribution in [0.15, 0.2) is 48.5 Å². The Hall–Kier alpha value is -3.06. The fourth-order valence-electron chi connectivity index (χ4n) is 3.88. The molecule has 0 aromatic heterocycles. The number of hydrogen-bond acceptors (Lipinski definition) is 5. The molecule has 0 saturated heterocycles. The van der Waals surface area contributed by atoms with Gasteiger partial charge in [0.25, 0.3) is 0 Å². The lowest BCUT2D eigenvalue weighted by Crippen LogP contribution is -2.40. The summed E-state index contributed by atoms with van der Waals surface area (Å²) in [4.78, 5) is 31.3. The van der Waals surface area contributed by atoms with Crippen LogP contribution in [0.4, 0.5) is 10.5 Å². The number of ether oxygens (including phenoxy) is 1. The quantitative estimate of drug-likeness (QED) is 0.630. The van der Waals surface area contributed by atoms with Crippen LogP contribution in [-0.4, -0.2) is 73.1 Å². The second kappa shape index (κ2) is 11.7. The van der Waals surface area contributed by atoms with Crippen molar-refractivity contribution >= 4 is 17.7 Å². The van der Waals surface area contributed by atoms with Crippen LogP contribution in [0.5, 0.6) is 0 Å². The van der Waals surface area contributed by atoms with Crippen molar-refractivity contribution in [3.8, 4) is 0 Å². The van der Waals surface area contributed by atoms with Crippen LogP contribution in [0.2, 0.25) is 0 Å². The molecule has 0 saturated carbocycles. The summed E-state index contributed by atoms with van der Waals surface area (Å²) in [6, 6.07) is 16.1. The molecule has 1 aliphatic heterocycles. The molecule has 0 bridgehead atoms. The summed E-state index contributed by atoms with van der Waals surface area (Å²) in [5.41, 5.74) is 4.27. The van der Waals surface area contributed by atoms with Gasteiger partial charge in [-0.1, -0.05) is 42.5 Å². The second-order valence-corrected chi connectivity index (χ2v) is 9.01. The number of carbonyl (C=O) groups is 2. The number of benzene rings is 2. The Morgan fingerprint density at radius 3 is 2.52 bits per heavy atom. The molecule has 7 nitrogen and oxygen atoms in total. The van der Waals surface area contributed by atoms with Crippen molar-refractivity contribution in [2.45, 2.75) is 39.5 Å². The van der Waals surface area contributed by atoms with Crippen molar-refractivity contribution in [1.29, 1.82) is 0 Å². The van der Waals surface area contributed by atoms with Gasteiger partial charge in [-0.2, -0.15) is 0 Å². The van der Waals surface area contributed by atoms with Gasteiger partial charge in [0.1, 0.15) is 0 Å². The molecule has 1 aliphatic rings. The highest BCUT2D eigenvalue weighted by Gasteiger charge is 2.24.